The molecule has 3 heterocycles. The maximum atomic E-state index is 4.77. The second kappa shape index (κ2) is 7.01. The van der Waals surface area contributed by atoms with Crippen LogP contribution < -0.4 is 5.32 Å². The number of imidazole rings is 1. The van der Waals surface area contributed by atoms with E-state index in [1.165, 1.54) is 10.4 Å². The Morgan fingerprint density at radius 2 is 1.92 bits per heavy atom. The zero-order valence-corrected chi connectivity index (χ0v) is 15.3. The van der Waals surface area contributed by atoms with Crippen molar-refractivity contribution < 1.29 is 0 Å². The van der Waals surface area contributed by atoms with Gasteiger partial charge in [-0.3, -0.25) is 4.40 Å². The lowest BCUT2D eigenvalue weighted by molar-refractivity contribution is 1.12. The van der Waals surface area contributed by atoms with Gasteiger partial charge in [0, 0.05) is 23.3 Å². The molecule has 0 amide bonds. The molecule has 3 aromatic heterocycles. The van der Waals surface area contributed by atoms with Crippen LogP contribution in [-0.4, -0.2) is 20.9 Å². The summed E-state index contributed by atoms with van der Waals surface area (Å²) >= 11 is 1.76. The van der Waals surface area contributed by atoms with Gasteiger partial charge in [0.2, 0.25) is 0 Å². The van der Waals surface area contributed by atoms with Gasteiger partial charge in [0.05, 0.1) is 0 Å². The van der Waals surface area contributed by atoms with Crippen LogP contribution in [0.25, 0.3) is 26.4 Å². The fraction of sp³-hybridized carbons (Fsp3) is 0.263. The quantitative estimate of drug-likeness (QED) is 0.545. The van der Waals surface area contributed by atoms with Gasteiger partial charge in [0.1, 0.15) is 10.3 Å². The maximum Gasteiger partial charge on any atom is 0.181 e. The van der Waals surface area contributed by atoms with Gasteiger partial charge in [-0.2, -0.15) is 0 Å². The molecule has 4 rings (SSSR count). The van der Waals surface area contributed by atoms with Crippen molar-refractivity contribution in [2.45, 2.75) is 27.7 Å². The summed E-state index contributed by atoms with van der Waals surface area (Å²) in [5.41, 5.74) is 4.26. The summed E-state index contributed by atoms with van der Waals surface area (Å²) in [6.07, 6.45) is 1.90. The van der Waals surface area contributed by atoms with Crippen LogP contribution in [0.1, 0.15) is 26.5 Å². The van der Waals surface area contributed by atoms with Crippen molar-refractivity contribution in [3.05, 3.63) is 48.3 Å². The van der Waals surface area contributed by atoms with Gasteiger partial charge in [-0.15, -0.1) is 11.3 Å². The van der Waals surface area contributed by atoms with E-state index in [9.17, 15) is 0 Å². The van der Waals surface area contributed by atoms with Gasteiger partial charge in [-0.05, 0) is 25.5 Å². The highest BCUT2D eigenvalue weighted by atomic mass is 32.1. The summed E-state index contributed by atoms with van der Waals surface area (Å²) in [5, 5.41) is 3.32. The molecule has 0 radical (unpaired) electrons. The fourth-order valence-corrected chi connectivity index (χ4v) is 3.84. The number of hydrogen-bond donors (Lipinski definition) is 1. The Morgan fingerprint density at radius 3 is 2.62 bits per heavy atom. The standard InChI is InChI=1S/C17H16N4S.C2H6/c1-3-18-15-16-19-10-11(2)21(16)17-13(20-15)9-14(22-17)12-7-5-4-6-8-12;1-2/h4-10H,3H2,1-2H3,(H,18,20);1-2H3. The summed E-state index contributed by atoms with van der Waals surface area (Å²) in [4.78, 5) is 11.7. The van der Waals surface area contributed by atoms with E-state index in [0.717, 1.165) is 34.1 Å². The largest absolute Gasteiger partial charge is 0.367 e. The molecule has 24 heavy (non-hydrogen) atoms. The zero-order chi connectivity index (χ0) is 17.1. The van der Waals surface area contributed by atoms with Crippen molar-refractivity contribution in [3.8, 4) is 10.4 Å². The Balaban J connectivity index is 0.000000815. The van der Waals surface area contributed by atoms with Crippen molar-refractivity contribution in [3.63, 3.8) is 0 Å². The fourth-order valence-electron chi connectivity index (χ4n) is 2.67. The molecule has 0 unspecified atom stereocenters. The Bertz CT molecular complexity index is 954. The molecule has 0 bridgehead atoms. The SMILES string of the molecule is CC.CCNc1nc2cc(-c3ccccc3)sc2n2c(C)cnc12. The van der Waals surface area contributed by atoms with Gasteiger partial charge in [0.25, 0.3) is 0 Å². The third-order valence-corrected chi connectivity index (χ3v) is 4.84. The van der Waals surface area contributed by atoms with Crippen molar-refractivity contribution in [2.24, 2.45) is 0 Å². The molecule has 0 spiro atoms. The first-order chi connectivity index (χ1) is 11.8. The van der Waals surface area contributed by atoms with E-state index in [0.29, 0.717) is 0 Å². The molecule has 0 saturated heterocycles. The summed E-state index contributed by atoms with van der Waals surface area (Å²) in [7, 11) is 0. The summed E-state index contributed by atoms with van der Waals surface area (Å²) < 4.78 is 2.19. The molecule has 0 aliphatic heterocycles. The summed E-state index contributed by atoms with van der Waals surface area (Å²) in [6, 6.07) is 12.6. The third-order valence-electron chi connectivity index (χ3n) is 3.68. The number of aryl methyl sites for hydroxylation is 1. The average Bonchev–Trinajstić information content (AvgIpc) is 3.22. The number of nitrogens with zero attached hydrogens (tertiary/aromatic N) is 3. The zero-order valence-electron chi connectivity index (χ0n) is 14.5. The summed E-state index contributed by atoms with van der Waals surface area (Å²) in [6.45, 7) is 8.98. The van der Waals surface area contributed by atoms with E-state index >= 15 is 0 Å². The van der Waals surface area contributed by atoms with E-state index in [1.807, 2.05) is 26.1 Å². The number of hydrogen-bond acceptors (Lipinski definition) is 4. The van der Waals surface area contributed by atoms with Gasteiger partial charge >= 0.3 is 0 Å². The van der Waals surface area contributed by atoms with Crippen LogP contribution >= 0.6 is 11.3 Å². The lowest BCUT2D eigenvalue weighted by Gasteiger charge is -2.06. The first kappa shape index (κ1) is 16.5. The smallest absolute Gasteiger partial charge is 0.181 e. The van der Waals surface area contributed by atoms with Crippen LogP contribution in [0.2, 0.25) is 0 Å². The number of rotatable bonds is 3. The second-order valence-corrected chi connectivity index (χ2v) is 6.25. The van der Waals surface area contributed by atoms with Crippen LogP contribution in [0, 0.1) is 6.92 Å². The Labute approximate surface area is 146 Å². The van der Waals surface area contributed by atoms with Crippen LogP contribution in [0.5, 0.6) is 0 Å². The number of aromatic nitrogens is 3. The first-order valence-electron chi connectivity index (χ1n) is 8.35. The van der Waals surface area contributed by atoms with Crippen LogP contribution in [-0.2, 0) is 0 Å². The average molecular weight is 338 g/mol. The monoisotopic (exact) mass is 338 g/mol. The predicted octanol–water partition coefficient (Wildman–Crippen LogP) is 5.38. The van der Waals surface area contributed by atoms with Crippen LogP contribution in [0.15, 0.2) is 42.6 Å². The van der Waals surface area contributed by atoms with Crippen molar-refractivity contribution in [1.29, 1.82) is 0 Å². The first-order valence-corrected chi connectivity index (χ1v) is 9.16. The second-order valence-electron chi connectivity index (χ2n) is 5.22. The molecule has 4 nitrogen and oxygen atoms in total. The van der Waals surface area contributed by atoms with E-state index in [2.05, 4.69) is 58.9 Å². The lowest BCUT2D eigenvalue weighted by atomic mass is 10.2. The normalized spacial score (nSPS) is 10.7. The molecule has 4 aromatic rings. The lowest BCUT2D eigenvalue weighted by Crippen LogP contribution is -2.03. The van der Waals surface area contributed by atoms with E-state index in [-0.39, 0.29) is 0 Å². The van der Waals surface area contributed by atoms with Gasteiger partial charge in [0.15, 0.2) is 11.5 Å². The van der Waals surface area contributed by atoms with Gasteiger partial charge < -0.3 is 5.32 Å². The number of nitrogens with one attached hydrogen (secondary N) is 1. The molecule has 0 aliphatic rings. The van der Waals surface area contributed by atoms with Crippen molar-refractivity contribution in [1.82, 2.24) is 14.4 Å². The Hall–Kier alpha value is -2.40. The topological polar surface area (TPSA) is 42.2 Å². The highest BCUT2D eigenvalue weighted by Gasteiger charge is 2.14. The number of anilines is 1. The molecule has 0 fully saturated rings. The third kappa shape index (κ3) is 2.76. The minimum atomic E-state index is 0.829. The van der Waals surface area contributed by atoms with Crippen molar-refractivity contribution in [2.75, 3.05) is 11.9 Å². The number of fused-ring (bicyclic) bond motifs is 3. The molecule has 0 atom stereocenters. The summed E-state index contributed by atoms with van der Waals surface area (Å²) in [5.74, 6) is 0.848. The Morgan fingerprint density at radius 1 is 1.17 bits per heavy atom. The van der Waals surface area contributed by atoms with Crippen LogP contribution in [0.4, 0.5) is 5.82 Å². The molecular weight excluding hydrogens is 316 g/mol. The van der Waals surface area contributed by atoms with Gasteiger partial charge in [-0.25, -0.2) is 9.97 Å². The highest BCUT2D eigenvalue weighted by molar-refractivity contribution is 7.21. The molecule has 0 saturated carbocycles. The molecular formula is C19H22N4S. The molecule has 0 aliphatic carbocycles. The molecule has 1 N–H and O–H groups in total. The van der Waals surface area contributed by atoms with Gasteiger partial charge in [-0.1, -0.05) is 44.2 Å². The molecule has 124 valence electrons. The minimum Gasteiger partial charge on any atom is -0.367 e. The minimum absolute atomic E-state index is 0.829. The van der Waals surface area contributed by atoms with E-state index in [1.54, 1.807) is 11.3 Å². The van der Waals surface area contributed by atoms with Crippen LogP contribution in [0.3, 0.4) is 0 Å². The van der Waals surface area contributed by atoms with E-state index in [4.69, 9.17) is 4.98 Å². The highest BCUT2D eigenvalue weighted by Crippen LogP contribution is 2.34. The van der Waals surface area contributed by atoms with Crippen molar-refractivity contribution >= 4 is 33.1 Å². The maximum absolute atomic E-state index is 4.77. The van der Waals surface area contributed by atoms with E-state index < -0.39 is 0 Å². The predicted molar refractivity (Wildman–Crippen MR) is 104 cm³/mol. The number of benzene rings is 1. The molecule has 1 aromatic carbocycles. The number of thiophene rings is 1. The molecule has 5 heteroatoms. The Kier molecular flexibility index (Phi) is 4.81.